The van der Waals surface area contributed by atoms with Crippen molar-refractivity contribution in [1.29, 1.82) is 0 Å². The van der Waals surface area contributed by atoms with Crippen LogP contribution in [0.1, 0.15) is 39.0 Å². The Morgan fingerprint density at radius 1 is 1.37 bits per heavy atom. The second kappa shape index (κ2) is 7.48. The van der Waals surface area contributed by atoms with E-state index in [2.05, 4.69) is 5.32 Å². The zero-order valence-electron chi connectivity index (χ0n) is 12.3. The first-order chi connectivity index (χ1) is 8.91. The molecule has 1 saturated carbocycles. The van der Waals surface area contributed by atoms with Crippen LogP contribution in [0.3, 0.4) is 0 Å². The number of nitrogens with zero attached hydrogens (tertiary/aromatic N) is 1. The number of rotatable bonds is 5. The van der Waals surface area contributed by atoms with Crippen LogP contribution in [0.2, 0.25) is 0 Å². The van der Waals surface area contributed by atoms with Gasteiger partial charge in [0.2, 0.25) is 11.8 Å². The van der Waals surface area contributed by atoms with Crippen molar-refractivity contribution >= 4 is 11.8 Å². The highest BCUT2D eigenvalue weighted by molar-refractivity contribution is 5.80. The summed E-state index contributed by atoms with van der Waals surface area (Å²) < 4.78 is 0. The van der Waals surface area contributed by atoms with E-state index in [4.69, 9.17) is 5.73 Å². The molecule has 0 aliphatic heterocycles. The summed E-state index contributed by atoms with van der Waals surface area (Å²) >= 11 is 0. The standard InChI is InChI=1S/C14H27N3O2/c1-10(11-5-4-6-12(15)9-11)14(19)16-8-7-13(18)17(2)3/h10-12H,4-9,15H2,1-3H3,(H,16,19). The number of nitrogens with one attached hydrogen (secondary N) is 1. The predicted molar refractivity (Wildman–Crippen MR) is 75.4 cm³/mol. The molecule has 110 valence electrons. The average Bonchev–Trinajstić information content (AvgIpc) is 2.37. The second-order valence-corrected chi connectivity index (χ2v) is 5.80. The van der Waals surface area contributed by atoms with Crippen molar-refractivity contribution in [3.63, 3.8) is 0 Å². The van der Waals surface area contributed by atoms with Crippen LogP contribution in [0.25, 0.3) is 0 Å². The molecule has 0 radical (unpaired) electrons. The molecule has 0 heterocycles. The Bertz CT molecular complexity index is 318. The molecule has 0 aromatic carbocycles. The maximum atomic E-state index is 12.0. The Balaban J connectivity index is 2.30. The van der Waals surface area contributed by atoms with Crippen molar-refractivity contribution in [2.24, 2.45) is 17.6 Å². The fourth-order valence-corrected chi connectivity index (χ4v) is 2.61. The molecular weight excluding hydrogens is 242 g/mol. The molecule has 5 heteroatoms. The largest absolute Gasteiger partial charge is 0.355 e. The zero-order valence-corrected chi connectivity index (χ0v) is 12.3. The van der Waals surface area contributed by atoms with Crippen LogP contribution in [-0.4, -0.2) is 43.4 Å². The molecule has 0 aromatic rings. The maximum Gasteiger partial charge on any atom is 0.223 e. The highest BCUT2D eigenvalue weighted by Crippen LogP contribution is 2.29. The second-order valence-electron chi connectivity index (χ2n) is 5.80. The third kappa shape index (κ3) is 5.19. The molecule has 0 bridgehead atoms. The van der Waals surface area contributed by atoms with Crippen molar-refractivity contribution in [3.05, 3.63) is 0 Å². The maximum absolute atomic E-state index is 12.0. The fraction of sp³-hybridized carbons (Fsp3) is 0.857. The van der Waals surface area contributed by atoms with E-state index in [1.807, 2.05) is 6.92 Å². The lowest BCUT2D eigenvalue weighted by Crippen LogP contribution is -2.39. The van der Waals surface area contributed by atoms with Gasteiger partial charge >= 0.3 is 0 Å². The van der Waals surface area contributed by atoms with Gasteiger partial charge in [-0.3, -0.25) is 9.59 Å². The molecular formula is C14H27N3O2. The molecule has 1 rings (SSSR count). The van der Waals surface area contributed by atoms with E-state index in [0.29, 0.717) is 18.9 Å². The molecule has 0 aromatic heterocycles. The van der Waals surface area contributed by atoms with Gasteiger partial charge in [0, 0.05) is 39.0 Å². The van der Waals surface area contributed by atoms with Crippen molar-refractivity contribution in [3.8, 4) is 0 Å². The molecule has 3 unspecified atom stereocenters. The van der Waals surface area contributed by atoms with Crippen LogP contribution in [-0.2, 0) is 9.59 Å². The van der Waals surface area contributed by atoms with Gasteiger partial charge in [-0.2, -0.15) is 0 Å². The Kier molecular flexibility index (Phi) is 6.28. The van der Waals surface area contributed by atoms with Crippen LogP contribution in [0.5, 0.6) is 0 Å². The normalized spacial score (nSPS) is 24.6. The summed E-state index contributed by atoms with van der Waals surface area (Å²) in [5.74, 6) is 0.451. The van der Waals surface area contributed by atoms with Gasteiger partial charge in [0.15, 0.2) is 0 Å². The summed E-state index contributed by atoms with van der Waals surface area (Å²) in [7, 11) is 3.44. The Hall–Kier alpha value is -1.10. The Morgan fingerprint density at radius 2 is 2.05 bits per heavy atom. The third-order valence-corrected chi connectivity index (χ3v) is 4.01. The van der Waals surface area contributed by atoms with Gasteiger partial charge in [0.1, 0.15) is 0 Å². The first-order valence-electron chi connectivity index (χ1n) is 7.15. The smallest absolute Gasteiger partial charge is 0.223 e. The van der Waals surface area contributed by atoms with E-state index in [1.165, 1.54) is 4.90 Å². The summed E-state index contributed by atoms with van der Waals surface area (Å²) in [5, 5.41) is 2.85. The van der Waals surface area contributed by atoms with E-state index < -0.39 is 0 Å². The number of hydrogen-bond acceptors (Lipinski definition) is 3. The van der Waals surface area contributed by atoms with Gasteiger partial charge < -0.3 is 16.0 Å². The summed E-state index contributed by atoms with van der Waals surface area (Å²) in [6.07, 6.45) is 4.56. The SMILES string of the molecule is CC(C(=O)NCCC(=O)N(C)C)C1CCCC(N)C1. The third-order valence-electron chi connectivity index (χ3n) is 4.01. The van der Waals surface area contributed by atoms with Crippen LogP contribution in [0.4, 0.5) is 0 Å². The number of nitrogens with two attached hydrogens (primary N) is 1. The summed E-state index contributed by atoms with van der Waals surface area (Å²) in [6, 6.07) is 0.240. The van der Waals surface area contributed by atoms with Crippen LogP contribution in [0.15, 0.2) is 0 Å². The monoisotopic (exact) mass is 269 g/mol. The van der Waals surface area contributed by atoms with E-state index >= 15 is 0 Å². The lowest BCUT2D eigenvalue weighted by Gasteiger charge is -2.30. The first-order valence-corrected chi connectivity index (χ1v) is 7.15. The Labute approximate surface area is 115 Å². The van der Waals surface area contributed by atoms with Crippen LogP contribution < -0.4 is 11.1 Å². The molecule has 0 spiro atoms. The van der Waals surface area contributed by atoms with Gasteiger partial charge in [-0.05, 0) is 25.2 Å². The number of carbonyl (C=O) groups excluding carboxylic acids is 2. The molecule has 19 heavy (non-hydrogen) atoms. The molecule has 3 N–H and O–H groups in total. The number of amides is 2. The average molecular weight is 269 g/mol. The quantitative estimate of drug-likeness (QED) is 0.773. The summed E-state index contributed by atoms with van der Waals surface area (Å²) in [5.41, 5.74) is 5.95. The van der Waals surface area contributed by atoms with Gasteiger partial charge in [0.05, 0.1) is 0 Å². The minimum atomic E-state index is -0.0131. The van der Waals surface area contributed by atoms with E-state index in [1.54, 1.807) is 14.1 Å². The molecule has 3 atom stereocenters. The van der Waals surface area contributed by atoms with Gasteiger partial charge in [-0.15, -0.1) is 0 Å². The van der Waals surface area contributed by atoms with Gasteiger partial charge in [0.25, 0.3) is 0 Å². The van der Waals surface area contributed by atoms with Crippen molar-refractivity contribution in [1.82, 2.24) is 10.2 Å². The highest BCUT2D eigenvalue weighted by atomic mass is 16.2. The molecule has 2 amide bonds. The first kappa shape index (κ1) is 16.0. The van der Waals surface area contributed by atoms with E-state index in [0.717, 1.165) is 25.7 Å². The molecule has 5 nitrogen and oxygen atoms in total. The van der Waals surface area contributed by atoms with E-state index in [-0.39, 0.29) is 23.8 Å². The summed E-state index contributed by atoms with van der Waals surface area (Å²) in [4.78, 5) is 25.0. The number of carbonyl (C=O) groups is 2. The van der Waals surface area contributed by atoms with Crippen molar-refractivity contribution in [2.45, 2.75) is 45.1 Å². The van der Waals surface area contributed by atoms with Crippen molar-refractivity contribution < 1.29 is 9.59 Å². The lowest BCUT2D eigenvalue weighted by atomic mass is 9.78. The molecule has 1 aliphatic carbocycles. The Morgan fingerprint density at radius 3 is 2.63 bits per heavy atom. The molecule has 1 aliphatic rings. The van der Waals surface area contributed by atoms with Crippen molar-refractivity contribution in [2.75, 3.05) is 20.6 Å². The van der Waals surface area contributed by atoms with E-state index in [9.17, 15) is 9.59 Å². The van der Waals surface area contributed by atoms with Gasteiger partial charge in [-0.25, -0.2) is 0 Å². The fourth-order valence-electron chi connectivity index (χ4n) is 2.61. The summed E-state index contributed by atoms with van der Waals surface area (Å²) in [6.45, 7) is 2.38. The van der Waals surface area contributed by atoms with Gasteiger partial charge in [-0.1, -0.05) is 13.3 Å². The van der Waals surface area contributed by atoms with Crippen LogP contribution >= 0.6 is 0 Å². The topological polar surface area (TPSA) is 75.4 Å². The number of hydrogen-bond donors (Lipinski definition) is 2. The zero-order chi connectivity index (χ0) is 14.4. The molecule has 0 saturated heterocycles. The minimum Gasteiger partial charge on any atom is -0.355 e. The van der Waals surface area contributed by atoms with Crippen LogP contribution in [0, 0.1) is 11.8 Å². The lowest BCUT2D eigenvalue weighted by molar-refractivity contribution is -0.129. The predicted octanol–water partition coefficient (Wildman–Crippen LogP) is 0.735. The minimum absolute atomic E-state index is 0.0131. The molecule has 1 fully saturated rings. The highest BCUT2D eigenvalue weighted by Gasteiger charge is 2.28.